The largest absolute Gasteiger partial charge is 0.393 e. The fourth-order valence-corrected chi connectivity index (χ4v) is 3.50. The van der Waals surface area contributed by atoms with Crippen LogP contribution in [0.5, 0.6) is 0 Å². The number of rotatable bonds is 4. The molecule has 5 nitrogen and oxygen atoms in total. The Balaban J connectivity index is 1.92. The minimum absolute atomic E-state index is 0.146. The van der Waals surface area contributed by atoms with Crippen LogP contribution in [-0.4, -0.2) is 53.2 Å². The first-order valence-corrected chi connectivity index (χ1v) is 8.56. The van der Waals surface area contributed by atoms with Crippen molar-refractivity contribution in [3.8, 4) is 0 Å². The first-order chi connectivity index (χ1) is 10.1. The van der Waals surface area contributed by atoms with E-state index in [4.69, 9.17) is 4.99 Å². The number of likely N-dealkylation sites (tertiary alicyclic amines) is 1. The molecule has 1 aromatic heterocycles. The molecule has 2 N–H and O–H groups in total. The molecule has 0 bridgehead atoms. The van der Waals surface area contributed by atoms with Crippen LogP contribution in [0.1, 0.15) is 35.3 Å². The predicted octanol–water partition coefficient (Wildman–Crippen LogP) is 1.72. The lowest BCUT2D eigenvalue weighted by molar-refractivity contribution is 0.108. The summed E-state index contributed by atoms with van der Waals surface area (Å²) < 4.78 is 0. The highest BCUT2D eigenvalue weighted by molar-refractivity contribution is 7.11. The maximum atomic E-state index is 9.60. The first kappa shape index (κ1) is 16.2. The number of aliphatic hydroxyl groups is 1. The van der Waals surface area contributed by atoms with Crippen LogP contribution in [0.2, 0.25) is 0 Å². The number of piperidine rings is 1. The lowest BCUT2D eigenvalue weighted by Crippen LogP contribution is -2.46. The number of thiazole rings is 1. The van der Waals surface area contributed by atoms with Gasteiger partial charge >= 0.3 is 0 Å². The smallest absolute Gasteiger partial charge is 0.193 e. The van der Waals surface area contributed by atoms with Crippen molar-refractivity contribution in [2.24, 2.45) is 4.99 Å². The van der Waals surface area contributed by atoms with E-state index in [-0.39, 0.29) is 6.10 Å². The van der Waals surface area contributed by atoms with E-state index in [1.54, 1.807) is 11.3 Å². The second-order valence-corrected chi connectivity index (χ2v) is 6.73. The van der Waals surface area contributed by atoms with E-state index in [9.17, 15) is 5.11 Å². The van der Waals surface area contributed by atoms with Crippen LogP contribution in [0.15, 0.2) is 4.99 Å². The lowest BCUT2D eigenvalue weighted by atomic mass is 10.1. The van der Waals surface area contributed by atoms with Gasteiger partial charge in [0.1, 0.15) is 0 Å². The van der Waals surface area contributed by atoms with Gasteiger partial charge in [-0.15, -0.1) is 11.3 Å². The van der Waals surface area contributed by atoms with Gasteiger partial charge in [0.25, 0.3) is 0 Å². The van der Waals surface area contributed by atoms with Gasteiger partial charge in [-0.1, -0.05) is 0 Å². The second-order valence-electron chi connectivity index (χ2n) is 5.45. The van der Waals surface area contributed by atoms with Gasteiger partial charge in [-0.3, -0.25) is 4.99 Å². The molecule has 0 aliphatic carbocycles. The SMILES string of the molecule is CCNC(=NCCc1sc(C)nc1C)N1CCC(O)CC1. The molecule has 0 amide bonds. The van der Waals surface area contributed by atoms with Crippen molar-refractivity contribution in [1.82, 2.24) is 15.2 Å². The third-order valence-corrected chi connectivity index (χ3v) is 4.83. The molecular weight excluding hydrogens is 284 g/mol. The Morgan fingerprint density at radius 1 is 1.43 bits per heavy atom. The molecule has 1 aromatic rings. The molecule has 1 aliphatic rings. The number of aryl methyl sites for hydroxylation is 2. The highest BCUT2D eigenvalue weighted by Crippen LogP contribution is 2.17. The molecular formula is C15H26N4OS. The molecule has 0 atom stereocenters. The first-order valence-electron chi connectivity index (χ1n) is 7.74. The Labute approximate surface area is 131 Å². The van der Waals surface area contributed by atoms with E-state index in [0.717, 1.165) is 62.1 Å². The van der Waals surface area contributed by atoms with E-state index < -0.39 is 0 Å². The summed E-state index contributed by atoms with van der Waals surface area (Å²) in [6.07, 6.45) is 2.46. The van der Waals surface area contributed by atoms with Gasteiger partial charge in [0.05, 0.1) is 16.8 Å². The van der Waals surface area contributed by atoms with Crippen LogP contribution in [0.4, 0.5) is 0 Å². The summed E-state index contributed by atoms with van der Waals surface area (Å²) >= 11 is 1.77. The molecule has 0 spiro atoms. The molecule has 1 aliphatic heterocycles. The lowest BCUT2D eigenvalue weighted by Gasteiger charge is -2.32. The summed E-state index contributed by atoms with van der Waals surface area (Å²) in [5.74, 6) is 0.975. The number of nitrogens with one attached hydrogen (secondary N) is 1. The van der Waals surface area contributed by atoms with Crippen LogP contribution in [0.25, 0.3) is 0 Å². The summed E-state index contributed by atoms with van der Waals surface area (Å²) in [5, 5.41) is 14.1. The van der Waals surface area contributed by atoms with Crippen molar-refractivity contribution in [3.05, 3.63) is 15.6 Å². The Kier molecular flexibility index (Phi) is 5.99. The number of aliphatic imine (C=N–C) groups is 1. The Hall–Kier alpha value is -1.14. The quantitative estimate of drug-likeness (QED) is 0.657. The molecule has 2 heterocycles. The minimum atomic E-state index is -0.146. The monoisotopic (exact) mass is 310 g/mol. The highest BCUT2D eigenvalue weighted by atomic mass is 32.1. The zero-order valence-corrected chi connectivity index (χ0v) is 14.0. The summed E-state index contributed by atoms with van der Waals surface area (Å²) in [6, 6.07) is 0. The van der Waals surface area contributed by atoms with Gasteiger partial charge in [-0.05, 0) is 33.6 Å². The molecule has 1 saturated heterocycles. The van der Waals surface area contributed by atoms with E-state index >= 15 is 0 Å². The molecule has 6 heteroatoms. The average molecular weight is 310 g/mol. The van der Waals surface area contributed by atoms with Crippen LogP contribution in [0.3, 0.4) is 0 Å². The van der Waals surface area contributed by atoms with Crippen molar-refractivity contribution in [2.75, 3.05) is 26.2 Å². The van der Waals surface area contributed by atoms with Gasteiger partial charge in [0, 0.05) is 37.5 Å². The Bertz CT molecular complexity index is 478. The van der Waals surface area contributed by atoms with Crippen molar-refractivity contribution < 1.29 is 5.11 Å². The second kappa shape index (κ2) is 7.75. The molecule has 21 heavy (non-hydrogen) atoms. The van der Waals surface area contributed by atoms with Crippen molar-refractivity contribution in [2.45, 2.75) is 46.1 Å². The van der Waals surface area contributed by atoms with Gasteiger partial charge in [0.2, 0.25) is 0 Å². The normalized spacial score (nSPS) is 17.3. The molecule has 0 saturated carbocycles. The Morgan fingerprint density at radius 2 is 2.14 bits per heavy atom. The van der Waals surface area contributed by atoms with Gasteiger partial charge in [-0.2, -0.15) is 0 Å². The minimum Gasteiger partial charge on any atom is -0.393 e. The Morgan fingerprint density at radius 3 is 2.71 bits per heavy atom. The number of aliphatic hydroxyl groups excluding tert-OH is 1. The number of nitrogens with zero attached hydrogens (tertiary/aromatic N) is 3. The third-order valence-electron chi connectivity index (χ3n) is 3.70. The molecule has 0 radical (unpaired) electrons. The predicted molar refractivity (Wildman–Crippen MR) is 88.1 cm³/mol. The van der Waals surface area contributed by atoms with Crippen LogP contribution in [0, 0.1) is 13.8 Å². The number of hydrogen-bond acceptors (Lipinski definition) is 4. The van der Waals surface area contributed by atoms with Crippen molar-refractivity contribution >= 4 is 17.3 Å². The molecule has 1 fully saturated rings. The van der Waals surface area contributed by atoms with Crippen LogP contribution < -0.4 is 5.32 Å². The fourth-order valence-electron chi connectivity index (χ4n) is 2.57. The van der Waals surface area contributed by atoms with Gasteiger partial charge in [0.15, 0.2) is 5.96 Å². The number of guanidine groups is 1. The topological polar surface area (TPSA) is 60.8 Å². The van der Waals surface area contributed by atoms with Crippen molar-refractivity contribution in [1.29, 1.82) is 0 Å². The third kappa shape index (κ3) is 4.68. The summed E-state index contributed by atoms with van der Waals surface area (Å²) in [5.41, 5.74) is 1.14. The number of aromatic nitrogens is 1. The maximum absolute atomic E-state index is 9.60. The zero-order chi connectivity index (χ0) is 15.2. The van der Waals surface area contributed by atoms with E-state index in [0.29, 0.717) is 0 Å². The number of hydrogen-bond donors (Lipinski definition) is 2. The zero-order valence-electron chi connectivity index (χ0n) is 13.2. The summed E-state index contributed by atoms with van der Waals surface area (Å²) in [7, 11) is 0. The van der Waals surface area contributed by atoms with Crippen LogP contribution >= 0.6 is 11.3 Å². The van der Waals surface area contributed by atoms with E-state index in [1.807, 2.05) is 6.92 Å². The fraction of sp³-hybridized carbons (Fsp3) is 0.733. The summed E-state index contributed by atoms with van der Waals surface area (Å²) in [4.78, 5) is 12.8. The van der Waals surface area contributed by atoms with Crippen LogP contribution in [-0.2, 0) is 6.42 Å². The van der Waals surface area contributed by atoms with Crippen molar-refractivity contribution in [3.63, 3.8) is 0 Å². The molecule has 118 valence electrons. The maximum Gasteiger partial charge on any atom is 0.193 e. The van der Waals surface area contributed by atoms with E-state index in [2.05, 4.69) is 29.0 Å². The molecule has 0 aromatic carbocycles. The molecule has 0 unspecified atom stereocenters. The average Bonchev–Trinajstić information content (AvgIpc) is 2.77. The highest BCUT2D eigenvalue weighted by Gasteiger charge is 2.19. The van der Waals surface area contributed by atoms with Gasteiger partial charge < -0.3 is 15.3 Å². The standard InChI is InChI=1S/C15H26N4OS/c1-4-16-15(19-9-6-13(20)7-10-19)17-8-5-14-11(2)18-12(3)21-14/h13,20H,4-10H2,1-3H3,(H,16,17). The van der Waals surface area contributed by atoms with E-state index in [1.165, 1.54) is 4.88 Å². The summed E-state index contributed by atoms with van der Waals surface area (Å²) in [6.45, 7) is 9.62. The molecule has 2 rings (SSSR count). The van der Waals surface area contributed by atoms with Gasteiger partial charge in [-0.25, -0.2) is 4.98 Å².